The molecule has 0 unspecified atom stereocenters. The maximum Gasteiger partial charge on any atom is 0.121 e. The SMILES string of the molecule is COc1ccc(Br)c(NC2CC(c3ccccc3C)C2)c1. The molecule has 0 radical (unpaired) electrons. The molecule has 1 aliphatic carbocycles. The molecule has 0 atom stereocenters. The topological polar surface area (TPSA) is 21.3 Å². The van der Waals surface area contributed by atoms with Gasteiger partial charge in [-0.2, -0.15) is 0 Å². The molecule has 2 aromatic rings. The predicted molar refractivity (Wildman–Crippen MR) is 91.3 cm³/mol. The molecule has 2 aromatic carbocycles. The first kappa shape index (κ1) is 14.5. The molecule has 2 nitrogen and oxygen atoms in total. The highest BCUT2D eigenvalue weighted by Gasteiger charge is 2.31. The molecule has 1 saturated carbocycles. The summed E-state index contributed by atoms with van der Waals surface area (Å²) >= 11 is 3.60. The third kappa shape index (κ3) is 3.08. The molecule has 0 amide bonds. The molecule has 1 aliphatic rings. The Morgan fingerprint density at radius 3 is 2.62 bits per heavy atom. The Hall–Kier alpha value is -1.48. The lowest BCUT2D eigenvalue weighted by Crippen LogP contribution is -2.34. The van der Waals surface area contributed by atoms with Crippen molar-refractivity contribution in [1.29, 1.82) is 0 Å². The van der Waals surface area contributed by atoms with Crippen LogP contribution in [0.15, 0.2) is 46.9 Å². The summed E-state index contributed by atoms with van der Waals surface area (Å²) in [5.41, 5.74) is 4.02. The Morgan fingerprint density at radius 1 is 1.14 bits per heavy atom. The normalized spacial score (nSPS) is 20.7. The van der Waals surface area contributed by atoms with E-state index in [-0.39, 0.29) is 0 Å². The summed E-state index contributed by atoms with van der Waals surface area (Å²) in [5.74, 6) is 1.57. The maximum absolute atomic E-state index is 5.29. The fraction of sp³-hybridized carbons (Fsp3) is 0.333. The van der Waals surface area contributed by atoms with E-state index in [2.05, 4.69) is 52.4 Å². The molecule has 0 spiro atoms. The zero-order chi connectivity index (χ0) is 14.8. The fourth-order valence-corrected chi connectivity index (χ4v) is 3.36. The quantitative estimate of drug-likeness (QED) is 0.829. The number of hydrogen-bond donors (Lipinski definition) is 1. The number of ether oxygens (including phenoxy) is 1. The van der Waals surface area contributed by atoms with Gasteiger partial charge in [0.2, 0.25) is 0 Å². The van der Waals surface area contributed by atoms with Crippen LogP contribution in [0.2, 0.25) is 0 Å². The lowest BCUT2D eigenvalue weighted by Gasteiger charge is -2.37. The van der Waals surface area contributed by atoms with Crippen LogP contribution in [-0.2, 0) is 0 Å². The summed E-state index contributed by atoms with van der Waals surface area (Å²) in [7, 11) is 1.70. The molecule has 0 saturated heterocycles. The first-order chi connectivity index (χ1) is 10.2. The summed E-state index contributed by atoms with van der Waals surface area (Å²) in [5, 5.41) is 3.61. The second-order valence-corrected chi connectivity index (χ2v) is 6.57. The Balaban J connectivity index is 1.64. The van der Waals surface area contributed by atoms with Crippen molar-refractivity contribution in [2.75, 3.05) is 12.4 Å². The highest BCUT2D eigenvalue weighted by molar-refractivity contribution is 9.10. The monoisotopic (exact) mass is 345 g/mol. The van der Waals surface area contributed by atoms with Gasteiger partial charge in [-0.25, -0.2) is 0 Å². The lowest BCUT2D eigenvalue weighted by atomic mass is 9.74. The molecule has 0 heterocycles. The lowest BCUT2D eigenvalue weighted by molar-refractivity contribution is 0.372. The Bertz CT molecular complexity index is 635. The zero-order valence-corrected chi connectivity index (χ0v) is 14.0. The molecular formula is C18H20BrNO. The van der Waals surface area contributed by atoms with Crippen LogP contribution in [0, 0.1) is 6.92 Å². The predicted octanol–water partition coefficient (Wildman–Crippen LogP) is 5.12. The van der Waals surface area contributed by atoms with E-state index in [1.165, 1.54) is 24.0 Å². The number of hydrogen-bond acceptors (Lipinski definition) is 2. The Kier molecular flexibility index (Phi) is 4.20. The van der Waals surface area contributed by atoms with Gasteiger partial charge in [0.25, 0.3) is 0 Å². The van der Waals surface area contributed by atoms with Crippen LogP contribution in [0.1, 0.15) is 29.9 Å². The highest BCUT2D eigenvalue weighted by atomic mass is 79.9. The van der Waals surface area contributed by atoms with E-state index in [0.717, 1.165) is 15.9 Å². The third-order valence-corrected chi connectivity index (χ3v) is 4.99. The van der Waals surface area contributed by atoms with Crippen molar-refractivity contribution in [1.82, 2.24) is 0 Å². The number of aryl methyl sites for hydroxylation is 1. The minimum atomic E-state index is 0.540. The molecule has 0 bridgehead atoms. The van der Waals surface area contributed by atoms with Crippen LogP contribution in [-0.4, -0.2) is 13.2 Å². The number of methoxy groups -OCH3 is 1. The number of rotatable bonds is 4. The zero-order valence-electron chi connectivity index (χ0n) is 12.4. The van der Waals surface area contributed by atoms with Crippen LogP contribution in [0.3, 0.4) is 0 Å². The van der Waals surface area contributed by atoms with Gasteiger partial charge >= 0.3 is 0 Å². The summed E-state index contributed by atoms with van der Waals surface area (Å²) in [6.45, 7) is 2.20. The van der Waals surface area contributed by atoms with Crippen molar-refractivity contribution in [2.45, 2.75) is 31.7 Å². The second-order valence-electron chi connectivity index (χ2n) is 5.71. The van der Waals surface area contributed by atoms with E-state index in [4.69, 9.17) is 4.74 Å². The van der Waals surface area contributed by atoms with Crippen LogP contribution < -0.4 is 10.1 Å². The second kappa shape index (κ2) is 6.10. The van der Waals surface area contributed by atoms with Crippen LogP contribution in [0.4, 0.5) is 5.69 Å². The maximum atomic E-state index is 5.29. The van der Waals surface area contributed by atoms with Gasteiger partial charge in [-0.3, -0.25) is 0 Å². The van der Waals surface area contributed by atoms with Crippen LogP contribution in [0.25, 0.3) is 0 Å². The number of anilines is 1. The van der Waals surface area contributed by atoms with Crippen molar-refractivity contribution >= 4 is 21.6 Å². The number of nitrogens with one attached hydrogen (secondary N) is 1. The number of halogens is 1. The Morgan fingerprint density at radius 2 is 1.90 bits per heavy atom. The summed E-state index contributed by atoms with van der Waals surface area (Å²) in [4.78, 5) is 0. The van der Waals surface area contributed by atoms with Gasteiger partial charge < -0.3 is 10.1 Å². The minimum absolute atomic E-state index is 0.540. The molecule has 21 heavy (non-hydrogen) atoms. The van der Waals surface area contributed by atoms with Gasteiger partial charge in [0, 0.05) is 16.6 Å². The van der Waals surface area contributed by atoms with Gasteiger partial charge in [-0.05, 0) is 64.9 Å². The minimum Gasteiger partial charge on any atom is -0.497 e. The molecule has 1 fully saturated rings. The largest absolute Gasteiger partial charge is 0.497 e. The summed E-state index contributed by atoms with van der Waals surface area (Å²) in [6, 6.07) is 15.3. The van der Waals surface area contributed by atoms with Gasteiger partial charge in [0.1, 0.15) is 5.75 Å². The van der Waals surface area contributed by atoms with Gasteiger partial charge in [-0.1, -0.05) is 24.3 Å². The first-order valence-electron chi connectivity index (χ1n) is 7.33. The smallest absolute Gasteiger partial charge is 0.121 e. The van der Waals surface area contributed by atoms with Crippen molar-refractivity contribution in [3.8, 4) is 5.75 Å². The Labute approximate surface area is 134 Å². The van der Waals surface area contributed by atoms with E-state index in [0.29, 0.717) is 12.0 Å². The van der Waals surface area contributed by atoms with Gasteiger partial charge in [0.15, 0.2) is 0 Å². The van der Waals surface area contributed by atoms with E-state index in [9.17, 15) is 0 Å². The molecule has 0 aromatic heterocycles. The standard InChI is InChI=1S/C18H20BrNO/c1-12-5-3-4-6-16(12)13-9-14(10-13)20-18-11-15(21-2)7-8-17(18)19/h3-8,11,13-14,20H,9-10H2,1-2H3. The van der Waals surface area contributed by atoms with E-state index >= 15 is 0 Å². The molecule has 3 heteroatoms. The average Bonchev–Trinajstić information content (AvgIpc) is 2.45. The average molecular weight is 346 g/mol. The van der Waals surface area contributed by atoms with E-state index < -0.39 is 0 Å². The van der Waals surface area contributed by atoms with Crippen LogP contribution >= 0.6 is 15.9 Å². The first-order valence-corrected chi connectivity index (χ1v) is 8.12. The van der Waals surface area contributed by atoms with Gasteiger partial charge in [0.05, 0.1) is 12.8 Å². The molecule has 110 valence electrons. The van der Waals surface area contributed by atoms with Crippen LogP contribution in [0.5, 0.6) is 5.75 Å². The molecule has 3 rings (SSSR count). The molecule has 0 aliphatic heterocycles. The summed E-state index contributed by atoms with van der Waals surface area (Å²) in [6.07, 6.45) is 2.38. The highest BCUT2D eigenvalue weighted by Crippen LogP contribution is 2.41. The van der Waals surface area contributed by atoms with E-state index in [1.807, 2.05) is 18.2 Å². The molecule has 1 N–H and O–H groups in total. The van der Waals surface area contributed by atoms with Crippen molar-refractivity contribution in [3.63, 3.8) is 0 Å². The van der Waals surface area contributed by atoms with Crippen molar-refractivity contribution in [3.05, 3.63) is 58.1 Å². The number of benzene rings is 2. The summed E-state index contributed by atoms with van der Waals surface area (Å²) < 4.78 is 6.37. The fourth-order valence-electron chi connectivity index (χ4n) is 3.00. The van der Waals surface area contributed by atoms with Crippen molar-refractivity contribution < 1.29 is 4.74 Å². The molecular weight excluding hydrogens is 326 g/mol. The van der Waals surface area contributed by atoms with Crippen molar-refractivity contribution in [2.24, 2.45) is 0 Å². The third-order valence-electron chi connectivity index (χ3n) is 4.30. The van der Waals surface area contributed by atoms with E-state index in [1.54, 1.807) is 7.11 Å². The van der Waals surface area contributed by atoms with Gasteiger partial charge in [-0.15, -0.1) is 0 Å².